The van der Waals surface area contributed by atoms with Gasteiger partial charge in [0.15, 0.2) is 0 Å². The van der Waals surface area contributed by atoms with Crippen LogP contribution in [0.1, 0.15) is 22.5 Å². The van der Waals surface area contributed by atoms with E-state index in [0.29, 0.717) is 0 Å². The van der Waals surface area contributed by atoms with Gasteiger partial charge in [-0.25, -0.2) is 0 Å². The molecule has 0 atom stereocenters. The fourth-order valence-corrected chi connectivity index (χ4v) is 1.61. The van der Waals surface area contributed by atoms with Crippen molar-refractivity contribution in [1.29, 1.82) is 0 Å². The molecule has 0 unspecified atom stereocenters. The highest BCUT2D eigenvalue weighted by Crippen LogP contribution is 2.15. The summed E-state index contributed by atoms with van der Waals surface area (Å²) in [4.78, 5) is 16.3. The Morgan fingerprint density at radius 1 is 1.58 bits per heavy atom. The van der Waals surface area contributed by atoms with Gasteiger partial charge in [0, 0.05) is 19.8 Å². The van der Waals surface area contributed by atoms with Crippen LogP contribution in [0.2, 0.25) is 0 Å². The third-order valence-electron chi connectivity index (χ3n) is 2.33. The summed E-state index contributed by atoms with van der Waals surface area (Å²) in [6.07, 6.45) is 3.91. The molecule has 2 rings (SSSR count). The first-order valence-electron chi connectivity index (χ1n) is 4.21. The standard InChI is InChI=1S/C9H12N2O/c1-11-6-2-3-7-4-5-10-8(7)9(11)12/h4-5,10H,2-3,6H2,1H3. The molecule has 1 aromatic rings. The van der Waals surface area contributed by atoms with Crippen molar-refractivity contribution in [2.45, 2.75) is 12.8 Å². The first kappa shape index (κ1) is 7.40. The number of carbonyl (C=O) groups is 1. The van der Waals surface area contributed by atoms with Crippen molar-refractivity contribution in [3.8, 4) is 0 Å². The first-order chi connectivity index (χ1) is 5.79. The number of H-pyrrole nitrogens is 1. The number of nitrogens with zero attached hydrogens (tertiary/aromatic N) is 1. The van der Waals surface area contributed by atoms with E-state index in [9.17, 15) is 4.79 Å². The van der Waals surface area contributed by atoms with Crippen LogP contribution in [0.3, 0.4) is 0 Å². The van der Waals surface area contributed by atoms with Crippen LogP contribution in [0.25, 0.3) is 0 Å². The molecule has 1 aliphatic heterocycles. The van der Waals surface area contributed by atoms with Crippen molar-refractivity contribution in [3.05, 3.63) is 23.5 Å². The molecule has 1 amide bonds. The van der Waals surface area contributed by atoms with Gasteiger partial charge in [-0.15, -0.1) is 0 Å². The average Bonchev–Trinajstić information content (AvgIpc) is 2.46. The Kier molecular flexibility index (Phi) is 1.64. The molecule has 12 heavy (non-hydrogen) atoms. The number of aryl methyl sites for hydroxylation is 1. The van der Waals surface area contributed by atoms with E-state index in [0.717, 1.165) is 30.6 Å². The molecule has 1 aromatic heterocycles. The summed E-state index contributed by atoms with van der Waals surface area (Å²) in [6.45, 7) is 0.862. The van der Waals surface area contributed by atoms with E-state index in [1.54, 1.807) is 4.90 Å². The molecule has 3 heteroatoms. The van der Waals surface area contributed by atoms with E-state index in [-0.39, 0.29) is 5.91 Å². The SMILES string of the molecule is CN1CCCc2cc[nH]c2C1=O. The Bertz CT molecular complexity index is 303. The van der Waals surface area contributed by atoms with Gasteiger partial charge in [0.2, 0.25) is 0 Å². The van der Waals surface area contributed by atoms with Gasteiger partial charge in [-0.05, 0) is 24.5 Å². The van der Waals surface area contributed by atoms with Crippen LogP contribution in [0.4, 0.5) is 0 Å². The van der Waals surface area contributed by atoms with Gasteiger partial charge < -0.3 is 9.88 Å². The summed E-state index contributed by atoms with van der Waals surface area (Å²) in [5, 5.41) is 0. The fraction of sp³-hybridized carbons (Fsp3) is 0.444. The van der Waals surface area contributed by atoms with Gasteiger partial charge in [-0.2, -0.15) is 0 Å². The zero-order valence-corrected chi connectivity index (χ0v) is 7.13. The van der Waals surface area contributed by atoms with Crippen molar-refractivity contribution < 1.29 is 4.79 Å². The Hall–Kier alpha value is -1.25. The van der Waals surface area contributed by atoms with Gasteiger partial charge >= 0.3 is 0 Å². The van der Waals surface area contributed by atoms with Crippen molar-refractivity contribution in [2.24, 2.45) is 0 Å². The van der Waals surface area contributed by atoms with Gasteiger partial charge in [0.1, 0.15) is 5.69 Å². The van der Waals surface area contributed by atoms with Crippen LogP contribution < -0.4 is 0 Å². The molecule has 0 saturated carbocycles. The van der Waals surface area contributed by atoms with E-state index in [2.05, 4.69) is 4.98 Å². The molecule has 0 bridgehead atoms. The molecule has 1 aliphatic rings. The van der Waals surface area contributed by atoms with Crippen molar-refractivity contribution in [1.82, 2.24) is 9.88 Å². The van der Waals surface area contributed by atoms with E-state index in [1.165, 1.54) is 0 Å². The minimum Gasteiger partial charge on any atom is -0.357 e. The maximum Gasteiger partial charge on any atom is 0.270 e. The molecule has 1 N–H and O–H groups in total. The average molecular weight is 164 g/mol. The number of nitrogens with one attached hydrogen (secondary N) is 1. The van der Waals surface area contributed by atoms with Crippen LogP contribution in [-0.2, 0) is 6.42 Å². The predicted molar refractivity (Wildman–Crippen MR) is 46.1 cm³/mol. The number of hydrogen-bond acceptors (Lipinski definition) is 1. The summed E-state index contributed by atoms with van der Waals surface area (Å²) in [5.41, 5.74) is 1.93. The molecule has 0 radical (unpaired) electrons. The molecular weight excluding hydrogens is 152 g/mol. The smallest absolute Gasteiger partial charge is 0.270 e. The molecule has 0 aromatic carbocycles. The van der Waals surface area contributed by atoms with Gasteiger partial charge in [0.25, 0.3) is 5.91 Å². The minimum atomic E-state index is 0.118. The highest BCUT2D eigenvalue weighted by atomic mass is 16.2. The second kappa shape index (κ2) is 2.66. The second-order valence-electron chi connectivity index (χ2n) is 3.21. The van der Waals surface area contributed by atoms with Crippen molar-refractivity contribution >= 4 is 5.91 Å². The summed E-state index contributed by atoms with van der Waals surface area (Å²) in [7, 11) is 1.85. The third-order valence-corrected chi connectivity index (χ3v) is 2.33. The maximum atomic E-state index is 11.6. The lowest BCUT2D eigenvalue weighted by Crippen LogP contribution is -2.26. The van der Waals surface area contributed by atoms with Crippen molar-refractivity contribution in [3.63, 3.8) is 0 Å². The summed E-state index contributed by atoms with van der Waals surface area (Å²) in [5.74, 6) is 0.118. The molecule has 3 nitrogen and oxygen atoms in total. The van der Waals surface area contributed by atoms with Gasteiger partial charge in [-0.3, -0.25) is 4.79 Å². The number of aromatic nitrogens is 1. The Morgan fingerprint density at radius 2 is 2.42 bits per heavy atom. The number of fused-ring (bicyclic) bond motifs is 1. The van der Waals surface area contributed by atoms with Crippen LogP contribution in [0, 0.1) is 0 Å². The fourth-order valence-electron chi connectivity index (χ4n) is 1.61. The first-order valence-corrected chi connectivity index (χ1v) is 4.21. The Morgan fingerprint density at radius 3 is 3.25 bits per heavy atom. The van der Waals surface area contributed by atoms with Gasteiger partial charge in [-0.1, -0.05) is 0 Å². The monoisotopic (exact) mass is 164 g/mol. The lowest BCUT2D eigenvalue weighted by molar-refractivity contribution is 0.0795. The zero-order chi connectivity index (χ0) is 8.55. The number of carbonyl (C=O) groups excluding carboxylic acids is 1. The number of amides is 1. The van der Waals surface area contributed by atoms with Crippen molar-refractivity contribution in [2.75, 3.05) is 13.6 Å². The van der Waals surface area contributed by atoms with Gasteiger partial charge in [0.05, 0.1) is 0 Å². The van der Waals surface area contributed by atoms with Crippen LogP contribution in [-0.4, -0.2) is 29.4 Å². The largest absolute Gasteiger partial charge is 0.357 e. The molecule has 0 aliphatic carbocycles. The number of rotatable bonds is 0. The predicted octanol–water partition coefficient (Wildman–Crippen LogP) is 1.03. The second-order valence-corrected chi connectivity index (χ2v) is 3.21. The van der Waals surface area contributed by atoms with Crippen LogP contribution >= 0.6 is 0 Å². The molecule has 0 spiro atoms. The molecule has 0 saturated heterocycles. The topological polar surface area (TPSA) is 36.1 Å². The molecule has 64 valence electrons. The van der Waals surface area contributed by atoms with E-state index in [4.69, 9.17) is 0 Å². The van der Waals surface area contributed by atoms with E-state index < -0.39 is 0 Å². The normalized spacial score (nSPS) is 17.4. The minimum absolute atomic E-state index is 0.118. The summed E-state index contributed by atoms with van der Waals surface area (Å²) >= 11 is 0. The maximum absolute atomic E-state index is 11.6. The zero-order valence-electron chi connectivity index (χ0n) is 7.13. The lowest BCUT2D eigenvalue weighted by atomic mass is 10.1. The third kappa shape index (κ3) is 1.02. The molecular formula is C9H12N2O. The quantitative estimate of drug-likeness (QED) is 0.611. The van der Waals surface area contributed by atoms with E-state index >= 15 is 0 Å². The lowest BCUT2D eigenvalue weighted by Gasteiger charge is -2.12. The highest BCUT2D eigenvalue weighted by Gasteiger charge is 2.19. The van der Waals surface area contributed by atoms with Crippen LogP contribution in [0.5, 0.6) is 0 Å². The van der Waals surface area contributed by atoms with Crippen LogP contribution in [0.15, 0.2) is 12.3 Å². The molecule has 0 fully saturated rings. The van der Waals surface area contributed by atoms with E-state index in [1.807, 2.05) is 19.3 Å². The molecule has 2 heterocycles. The number of hydrogen-bond donors (Lipinski definition) is 1. The summed E-state index contributed by atoms with van der Waals surface area (Å²) < 4.78 is 0. The summed E-state index contributed by atoms with van der Waals surface area (Å²) in [6, 6.07) is 1.99. The highest BCUT2D eigenvalue weighted by molar-refractivity contribution is 5.94. The number of aromatic amines is 1. The Balaban J connectivity index is 2.41. The Labute approximate surface area is 71.4 Å².